The van der Waals surface area contributed by atoms with E-state index in [2.05, 4.69) is 9.71 Å². The van der Waals surface area contributed by atoms with Crippen LogP contribution in [0.2, 0.25) is 0 Å². The molecular weight excluding hydrogens is 455 g/mol. The van der Waals surface area contributed by atoms with Crippen LogP contribution < -0.4 is 14.4 Å². The van der Waals surface area contributed by atoms with Crippen LogP contribution in [0.25, 0.3) is 0 Å². The number of hydrogen-bond acceptors (Lipinski definition) is 5. The Labute approximate surface area is 192 Å². The SMILES string of the molecule is O=S(=O)(NC1CCCCC1)c1ccc(OC2CCN(c3ccc(C(F)(F)F)cc3)CC2)nc1. The van der Waals surface area contributed by atoms with E-state index in [0.29, 0.717) is 31.8 Å². The standard InChI is InChI=1S/C23H28F3N3O3S/c24-23(25,26)17-6-8-19(9-7-17)29-14-12-20(13-15-29)32-22-11-10-21(16-27-22)33(30,31)28-18-4-2-1-3-5-18/h6-11,16,18,20,28H,1-5,12-15H2. The normalized spacial score (nSPS) is 18.9. The Bertz CT molecular complexity index is 1010. The van der Waals surface area contributed by atoms with Crippen LogP contribution in [0.4, 0.5) is 18.9 Å². The third-order valence-electron chi connectivity index (χ3n) is 6.24. The van der Waals surface area contributed by atoms with Crippen molar-refractivity contribution in [1.29, 1.82) is 0 Å². The predicted molar refractivity (Wildman–Crippen MR) is 119 cm³/mol. The molecule has 0 bridgehead atoms. The van der Waals surface area contributed by atoms with Crippen LogP contribution in [0.3, 0.4) is 0 Å². The molecule has 2 fully saturated rings. The van der Waals surface area contributed by atoms with Gasteiger partial charge in [0.1, 0.15) is 11.0 Å². The lowest BCUT2D eigenvalue weighted by Gasteiger charge is -2.33. The predicted octanol–water partition coefficient (Wildman–Crippen LogP) is 4.76. The maximum absolute atomic E-state index is 12.7. The molecule has 1 aromatic carbocycles. The van der Waals surface area contributed by atoms with Crippen molar-refractivity contribution >= 4 is 15.7 Å². The van der Waals surface area contributed by atoms with Gasteiger partial charge in [-0.05, 0) is 43.2 Å². The van der Waals surface area contributed by atoms with Crippen molar-refractivity contribution in [2.45, 2.75) is 68.2 Å². The van der Waals surface area contributed by atoms with Crippen molar-refractivity contribution in [2.24, 2.45) is 0 Å². The van der Waals surface area contributed by atoms with Gasteiger partial charge in [0.15, 0.2) is 0 Å². The molecule has 10 heteroatoms. The molecule has 0 spiro atoms. The second-order valence-electron chi connectivity index (χ2n) is 8.64. The van der Waals surface area contributed by atoms with Crippen molar-refractivity contribution in [2.75, 3.05) is 18.0 Å². The van der Waals surface area contributed by atoms with Crippen LogP contribution >= 0.6 is 0 Å². The lowest BCUT2D eigenvalue weighted by atomic mass is 9.96. The molecule has 0 atom stereocenters. The summed E-state index contributed by atoms with van der Waals surface area (Å²) >= 11 is 0. The summed E-state index contributed by atoms with van der Waals surface area (Å²) in [6.07, 6.45) is 3.20. The maximum Gasteiger partial charge on any atom is 0.416 e. The Hall–Kier alpha value is -2.33. The van der Waals surface area contributed by atoms with E-state index >= 15 is 0 Å². The molecule has 6 nitrogen and oxygen atoms in total. The second kappa shape index (κ2) is 9.89. The zero-order valence-electron chi connectivity index (χ0n) is 18.2. The Kier molecular flexibility index (Phi) is 7.13. The lowest BCUT2D eigenvalue weighted by molar-refractivity contribution is -0.137. The monoisotopic (exact) mass is 483 g/mol. The number of nitrogens with zero attached hydrogens (tertiary/aromatic N) is 2. The summed E-state index contributed by atoms with van der Waals surface area (Å²) in [5, 5.41) is 0. The highest BCUT2D eigenvalue weighted by atomic mass is 32.2. The lowest BCUT2D eigenvalue weighted by Crippen LogP contribution is -2.38. The molecule has 1 saturated carbocycles. The third-order valence-corrected chi connectivity index (χ3v) is 7.74. The Balaban J connectivity index is 1.29. The van der Waals surface area contributed by atoms with E-state index in [-0.39, 0.29) is 17.0 Å². The molecule has 1 aromatic heterocycles. The fourth-order valence-corrected chi connectivity index (χ4v) is 5.62. The molecule has 180 valence electrons. The van der Waals surface area contributed by atoms with E-state index in [9.17, 15) is 21.6 Å². The van der Waals surface area contributed by atoms with Crippen molar-refractivity contribution in [3.63, 3.8) is 0 Å². The van der Waals surface area contributed by atoms with E-state index in [1.165, 1.54) is 24.4 Å². The Morgan fingerprint density at radius 2 is 1.61 bits per heavy atom. The molecule has 0 radical (unpaired) electrons. The van der Waals surface area contributed by atoms with Crippen molar-refractivity contribution in [3.8, 4) is 5.88 Å². The number of sulfonamides is 1. The van der Waals surface area contributed by atoms with E-state index in [0.717, 1.165) is 49.9 Å². The summed E-state index contributed by atoms with van der Waals surface area (Å²) in [4.78, 5) is 6.33. The average Bonchev–Trinajstić information content (AvgIpc) is 2.80. The molecule has 1 aliphatic heterocycles. The molecule has 0 unspecified atom stereocenters. The van der Waals surface area contributed by atoms with Gasteiger partial charge in [-0.3, -0.25) is 0 Å². The Morgan fingerprint density at radius 1 is 0.939 bits per heavy atom. The summed E-state index contributed by atoms with van der Waals surface area (Å²) in [5.74, 6) is 0.361. The van der Waals surface area contributed by atoms with Crippen LogP contribution in [0.1, 0.15) is 50.5 Å². The van der Waals surface area contributed by atoms with Crippen LogP contribution in [-0.4, -0.2) is 38.6 Å². The quantitative estimate of drug-likeness (QED) is 0.642. The first-order valence-corrected chi connectivity index (χ1v) is 12.8. The highest BCUT2D eigenvalue weighted by Gasteiger charge is 2.30. The maximum atomic E-state index is 12.7. The molecule has 4 rings (SSSR count). The van der Waals surface area contributed by atoms with Crippen molar-refractivity contribution < 1.29 is 26.3 Å². The van der Waals surface area contributed by atoms with Gasteiger partial charge in [-0.1, -0.05) is 19.3 Å². The van der Waals surface area contributed by atoms with Gasteiger partial charge < -0.3 is 9.64 Å². The smallest absolute Gasteiger partial charge is 0.416 e. The second-order valence-corrected chi connectivity index (χ2v) is 10.4. The topological polar surface area (TPSA) is 71.5 Å². The molecule has 1 N–H and O–H groups in total. The van der Waals surface area contributed by atoms with E-state index in [1.807, 2.05) is 4.90 Å². The van der Waals surface area contributed by atoms with Gasteiger partial charge in [-0.15, -0.1) is 0 Å². The van der Waals surface area contributed by atoms with Gasteiger partial charge in [-0.25, -0.2) is 18.1 Å². The number of nitrogens with one attached hydrogen (secondary N) is 1. The molecule has 2 heterocycles. The zero-order valence-corrected chi connectivity index (χ0v) is 19.0. The van der Waals surface area contributed by atoms with Crippen LogP contribution in [0.5, 0.6) is 5.88 Å². The third kappa shape index (κ3) is 6.17. The van der Waals surface area contributed by atoms with Crippen LogP contribution in [0.15, 0.2) is 47.5 Å². The molecule has 33 heavy (non-hydrogen) atoms. The van der Waals surface area contributed by atoms with Crippen molar-refractivity contribution in [1.82, 2.24) is 9.71 Å². The summed E-state index contributed by atoms with van der Waals surface area (Å²) < 4.78 is 72.1. The highest BCUT2D eigenvalue weighted by molar-refractivity contribution is 7.89. The van der Waals surface area contributed by atoms with Gasteiger partial charge in [0.05, 0.1) is 11.8 Å². The number of benzene rings is 1. The zero-order chi connectivity index (χ0) is 23.5. The molecule has 1 saturated heterocycles. The number of anilines is 1. The number of ether oxygens (including phenoxy) is 1. The van der Waals surface area contributed by atoms with E-state index in [4.69, 9.17) is 4.74 Å². The number of rotatable bonds is 6. The van der Waals surface area contributed by atoms with E-state index in [1.54, 1.807) is 6.07 Å². The first-order valence-electron chi connectivity index (χ1n) is 11.3. The van der Waals surface area contributed by atoms with Gasteiger partial charge in [-0.2, -0.15) is 13.2 Å². The fraction of sp³-hybridized carbons (Fsp3) is 0.522. The van der Waals surface area contributed by atoms with Crippen LogP contribution in [-0.2, 0) is 16.2 Å². The highest BCUT2D eigenvalue weighted by Crippen LogP contribution is 2.31. The number of piperidine rings is 1. The molecule has 1 aliphatic carbocycles. The summed E-state index contributed by atoms with van der Waals surface area (Å²) in [7, 11) is -3.61. The summed E-state index contributed by atoms with van der Waals surface area (Å²) in [6.45, 7) is 1.29. The molecule has 0 amide bonds. The first kappa shape index (κ1) is 23.8. The van der Waals surface area contributed by atoms with Crippen LogP contribution in [0, 0.1) is 0 Å². The molecular formula is C23H28F3N3O3S. The minimum Gasteiger partial charge on any atom is -0.474 e. The van der Waals surface area contributed by atoms with Gasteiger partial charge in [0.2, 0.25) is 15.9 Å². The van der Waals surface area contributed by atoms with Gasteiger partial charge in [0.25, 0.3) is 0 Å². The van der Waals surface area contributed by atoms with Crippen molar-refractivity contribution in [3.05, 3.63) is 48.2 Å². The first-order chi connectivity index (χ1) is 15.7. The van der Waals surface area contributed by atoms with Gasteiger partial charge >= 0.3 is 6.18 Å². The number of pyridine rings is 1. The minimum absolute atomic E-state index is 0.0190. The largest absolute Gasteiger partial charge is 0.474 e. The molecule has 2 aliphatic rings. The fourth-order valence-electron chi connectivity index (χ4n) is 4.37. The summed E-state index contributed by atoms with van der Waals surface area (Å²) in [5.41, 5.74) is 0.0922. The Morgan fingerprint density at radius 3 is 2.18 bits per heavy atom. The number of aromatic nitrogens is 1. The number of alkyl halides is 3. The number of hydrogen-bond donors (Lipinski definition) is 1. The van der Waals surface area contributed by atoms with Gasteiger partial charge in [0, 0.05) is 43.7 Å². The minimum atomic E-state index is -4.34. The average molecular weight is 484 g/mol. The summed E-state index contributed by atoms with van der Waals surface area (Å²) in [6, 6.07) is 8.23. The molecule has 2 aromatic rings. The van der Waals surface area contributed by atoms with E-state index < -0.39 is 21.8 Å². The number of halogens is 3.